The smallest absolute Gasteiger partial charge is 0.0366 e. The summed E-state index contributed by atoms with van der Waals surface area (Å²) in [6, 6.07) is 9.52. The van der Waals surface area contributed by atoms with Crippen LogP contribution in [0.5, 0.6) is 0 Å². The van der Waals surface area contributed by atoms with Gasteiger partial charge in [-0.25, -0.2) is 0 Å². The molecule has 3 aliphatic rings. The van der Waals surface area contributed by atoms with E-state index in [0.29, 0.717) is 10.8 Å². The molecule has 0 spiro atoms. The largest absolute Gasteiger partial charge is 0.371 e. The summed E-state index contributed by atoms with van der Waals surface area (Å²) >= 11 is 0. The molecule has 118 valence electrons. The number of rotatable bonds is 3. The van der Waals surface area contributed by atoms with E-state index in [1.807, 2.05) is 0 Å². The number of benzene rings is 1. The lowest BCUT2D eigenvalue weighted by molar-refractivity contribution is 0.298. The summed E-state index contributed by atoms with van der Waals surface area (Å²) in [6.45, 7) is 14.9. The molecule has 1 aromatic rings. The first kappa shape index (κ1) is 14.3. The molecule has 2 unspecified atom stereocenters. The average Bonchev–Trinajstić information content (AvgIpc) is 3.01. The van der Waals surface area contributed by atoms with Gasteiger partial charge < -0.3 is 9.80 Å². The molecule has 22 heavy (non-hydrogen) atoms. The molecule has 2 nitrogen and oxygen atoms in total. The predicted octanol–water partition coefficient (Wildman–Crippen LogP) is 3.83. The molecule has 0 bridgehead atoms. The molecule has 0 aromatic heterocycles. The van der Waals surface area contributed by atoms with Crippen molar-refractivity contribution in [1.82, 2.24) is 4.90 Å². The van der Waals surface area contributed by atoms with Crippen molar-refractivity contribution in [3.05, 3.63) is 42.0 Å². The monoisotopic (exact) mass is 296 g/mol. The molecule has 2 atom stereocenters. The van der Waals surface area contributed by atoms with E-state index in [0.717, 1.165) is 25.9 Å². The predicted molar refractivity (Wildman–Crippen MR) is 93.5 cm³/mol. The zero-order chi connectivity index (χ0) is 15.4. The molecule has 0 amide bonds. The molecule has 2 saturated heterocycles. The molecule has 2 aliphatic heterocycles. The van der Waals surface area contributed by atoms with Crippen LogP contribution in [0.2, 0.25) is 0 Å². The molecule has 2 heterocycles. The highest BCUT2D eigenvalue weighted by molar-refractivity contribution is 5.52. The van der Waals surface area contributed by atoms with Crippen molar-refractivity contribution in [2.75, 3.05) is 37.6 Å². The lowest BCUT2D eigenvalue weighted by atomic mass is 9.89. The highest BCUT2D eigenvalue weighted by atomic mass is 15.2. The third-order valence-corrected chi connectivity index (χ3v) is 6.49. The van der Waals surface area contributed by atoms with Gasteiger partial charge in [0, 0.05) is 37.3 Å². The first-order valence-corrected chi connectivity index (χ1v) is 8.81. The molecule has 3 fully saturated rings. The summed E-state index contributed by atoms with van der Waals surface area (Å²) in [5, 5.41) is 0. The van der Waals surface area contributed by atoms with Crippen LogP contribution in [0.1, 0.15) is 38.7 Å². The Morgan fingerprint density at radius 1 is 1.09 bits per heavy atom. The lowest BCUT2D eigenvalue weighted by Gasteiger charge is -2.30. The van der Waals surface area contributed by atoms with Crippen LogP contribution < -0.4 is 4.90 Å². The first-order chi connectivity index (χ1) is 10.6. The van der Waals surface area contributed by atoms with Crippen LogP contribution in [0.4, 0.5) is 5.69 Å². The Kier molecular flexibility index (Phi) is 3.16. The van der Waals surface area contributed by atoms with Gasteiger partial charge in [0.15, 0.2) is 0 Å². The maximum atomic E-state index is 4.11. The second kappa shape index (κ2) is 4.86. The second-order valence-corrected chi connectivity index (χ2v) is 7.91. The van der Waals surface area contributed by atoms with E-state index in [1.165, 1.54) is 37.3 Å². The maximum absolute atomic E-state index is 4.11. The number of anilines is 1. The Labute approximate surface area is 134 Å². The third-order valence-electron chi connectivity index (χ3n) is 6.49. The Morgan fingerprint density at radius 2 is 1.77 bits per heavy atom. The van der Waals surface area contributed by atoms with Crippen molar-refractivity contribution < 1.29 is 0 Å². The van der Waals surface area contributed by atoms with Crippen molar-refractivity contribution >= 4 is 5.69 Å². The number of hydrogen-bond donors (Lipinski definition) is 0. The third kappa shape index (κ3) is 2.04. The van der Waals surface area contributed by atoms with Gasteiger partial charge >= 0.3 is 0 Å². The van der Waals surface area contributed by atoms with Gasteiger partial charge in [0.05, 0.1) is 0 Å². The zero-order valence-corrected chi connectivity index (χ0v) is 14.1. The topological polar surface area (TPSA) is 6.48 Å². The van der Waals surface area contributed by atoms with Gasteiger partial charge in [-0.3, -0.25) is 0 Å². The maximum Gasteiger partial charge on any atom is 0.0366 e. The number of piperidine rings is 2. The lowest BCUT2D eigenvalue weighted by Crippen LogP contribution is -2.30. The summed E-state index contributed by atoms with van der Waals surface area (Å²) in [7, 11) is 0. The fraction of sp³-hybridized carbons (Fsp3) is 0.600. The molecule has 0 N–H and O–H groups in total. The van der Waals surface area contributed by atoms with Crippen LogP contribution in [-0.2, 0) is 5.41 Å². The normalized spacial score (nSPS) is 34.8. The van der Waals surface area contributed by atoms with Crippen molar-refractivity contribution in [2.45, 2.75) is 38.5 Å². The van der Waals surface area contributed by atoms with E-state index >= 15 is 0 Å². The molecular formula is C20H28N2. The molecule has 1 saturated carbocycles. The van der Waals surface area contributed by atoms with E-state index in [9.17, 15) is 0 Å². The van der Waals surface area contributed by atoms with Crippen LogP contribution in [-0.4, -0.2) is 37.6 Å². The molecular weight excluding hydrogens is 268 g/mol. The summed E-state index contributed by atoms with van der Waals surface area (Å²) in [5.41, 5.74) is 5.33. The Balaban J connectivity index is 1.52. The van der Waals surface area contributed by atoms with E-state index in [4.69, 9.17) is 0 Å². The van der Waals surface area contributed by atoms with Gasteiger partial charge in [-0.05, 0) is 48.9 Å². The minimum Gasteiger partial charge on any atom is -0.371 e. The number of nitrogens with zero attached hydrogens (tertiary/aromatic N) is 2. The fourth-order valence-corrected chi connectivity index (χ4v) is 4.84. The van der Waals surface area contributed by atoms with E-state index < -0.39 is 0 Å². The highest BCUT2D eigenvalue weighted by Gasteiger charge is 2.69. The number of likely N-dealkylation sites (tertiary alicyclic amines) is 1. The Hall–Kier alpha value is -1.28. The molecule has 4 rings (SSSR count). The summed E-state index contributed by atoms with van der Waals surface area (Å²) in [5.74, 6) is 0. The van der Waals surface area contributed by atoms with Gasteiger partial charge in [0.1, 0.15) is 0 Å². The minimum atomic E-state index is 0.442. The number of likely N-dealkylation sites (N-methyl/N-ethyl adjacent to an activating group) is 1. The van der Waals surface area contributed by atoms with Gasteiger partial charge in [-0.1, -0.05) is 38.1 Å². The minimum absolute atomic E-state index is 0.442. The van der Waals surface area contributed by atoms with Gasteiger partial charge in [-0.15, -0.1) is 0 Å². The molecule has 0 radical (unpaired) electrons. The summed E-state index contributed by atoms with van der Waals surface area (Å²) in [4.78, 5) is 5.13. The van der Waals surface area contributed by atoms with Gasteiger partial charge in [0.25, 0.3) is 0 Å². The first-order valence-electron chi connectivity index (χ1n) is 8.81. The quantitative estimate of drug-likeness (QED) is 0.782. The van der Waals surface area contributed by atoms with Crippen LogP contribution in [0, 0.1) is 5.41 Å². The number of hydrogen-bond acceptors (Lipinski definition) is 2. The van der Waals surface area contributed by atoms with Crippen molar-refractivity contribution in [3.63, 3.8) is 0 Å². The zero-order valence-electron chi connectivity index (χ0n) is 14.1. The standard InChI is InChI=1S/C20H28N2/c1-4-21-14-19(3)13-20(19,15-21)17-5-7-18(8-6-17)22-11-9-16(2)10-12-22/h5-8H,2,4,9-15H2,1,3H3. The molecule has 1 aromatic carbocycles. The van der Waals surface area contributed by atoms with Gasteiger partial charge in [-0.2, -0.15) is 0 Å². The summed E-state index contributed by atoms with van der Waals surface area (Å²) in [6.07, 6.45) is 3.67. The highest BCUT2D eigenvalue weighted by Crippen LogP contribution is 2.68. The van der Waals surface area contributed by atoms with Crippen molar-refractivity contribution in [3.8, 4) is 0 Å². The second-order valence-electron chi connectivity index (χ2n) is 7.91. The Bertz CT molecular complexity index is 580. The van der Waals surface area contributed by atoms with Crippen LogP contribution >= 0.6 is 0 Å². The Morgan fingerprint density at radius 3 is 2.36 bits per heavy atom. The SMILES string of the molecule is C=C1CCN(c2ccc(C34CN(CC)CC3(C)C4)cc2)CC1. The summed E-state index contributed by atoms with van der Waals surface area (Å²) < 4.78 is 0. The van der Waals surface area contributed by atoms with Crippen LogP contribution in [0.25, 0.3) is 0 Å². The van der Waals surface area contributed by atoms with Gasteiger partial charge in [0.2, 0.25) is 0 Å². The van der Waals surface area contributed by atoms with E-state index in [-0.39, 0.29) is 0 Å². The van der Waals surface area contributed by atoms with E-state index in [1.54, 1.807) is 5.56 Å². The fourth-order valence-electron chi connectivity index (χ4n) is 4.84. The average molecular weight is 296 g/mol. The van der Waals surface area contributed by atoms with Crippen molar-refractivity contribution in [2.24, 2.45) is 5.41 Å². The molecule has 2 heteroatoms. The number of fused-ring (bicyclic) bond motifs is 1. The van der Waals surface area contributed by atoms with E-state index in [2.05, 4.69) is 54.5 Å². The van der Waals surface area contributed by atoms with Crippen LogP contribution in [0.3, 0.4) is 0 Å². The van der Waals surface area contributed by atoms with Crippen LogP contribution in [0.15, 0.2) is 36.4 Å². The molecule has 1 aliphatic carbocycles. The van der Waals surface area contributed by atoms with Crippen molar-refractivity contribution in [1.29, 1.82) is 0 Å².